The number of benzene rings is 1. The van der Waals surface area contributed by atoms with Crippen LogP contribution in [-0.4, -0.2) is 21.7 Å². The van der Waals surface area contributed by atoms with Gasteiger partial charge in [-0.25, -0.2) is 4.79 Å². The van der Waals surface area contributed by atoms with Gasteiger partial charge in [-0.05, 0) is 36.4 Å². The van der Waals surface area contributed by atoms with E-state index < -0.39 is 11.9 Å². The summed E-state index contributed by atoms with van der Waals surface area (Å²) in [5.74, 6) is -1.99. The molecule has 0 saturated carbocycles. The maximum absolute atomic E-state index is 12.0. The summed E-state index contributed by atoms with van der Waals surface area (Å²) < 4.78 is 5.07. The summed E-state index contributed by atoms with van der Waals surface area (Å²) in [5.41, 5.74) is 0.622. The third-order valence-electron chi connectivity index (χ3n) is 2.58. The molecule has 1 amide bonds. The predicted octanol–water partition coefficient (Wildman–Crippen LogP) is 4.12. The first-order chi connectivity index (χ1) is 10.2. The van der Waals surface area contributed by atoms with Crippen molar-refractivity contribution in [1.29, 1.82) is 0 Å². The van der Waals surface area contributed by atoms with Crippen LogP contribution in [0.4, 0.5) is 5.69 Å². The summed E-state index contributed by atoms with van der Waals surface area (Å²) in [5, 5.41) is 11.4. The van der Waals surface area contributed by atoms with Gasteiger partial charge in [0.25, 0.3) is 5.91 Å². The van der Waals surface area contributed by atoms with Crippen LogP contribution >= 0.6 is 11.8 Å². The van der Waals surface area contributed by atoms with Crippen molar-refractivity contribution < 1.29 is 19.1 Å². The van der Waals surface area contributed by atoms with E-state index in [4.69, 9.17) is 9.52 Å². The fourth-order valence-electron chi connectivity index (χ4n) is 1.73. The maximum Gasteiger partial charge on any atom is 0.371 e. The fourth-order valence-corrected chi connectivity index (χ4v) is 2.71. The smallest absolute Gasteiger partial charge is 0.371 e. The van der Waals surface area contributed by atoms with Gasteiger partial charge in [0.05, 0.1) is 0 Å². The predicted molar refractivity (Wildman–Crippen MR) is 85.7 cm³/mol. The molecule has 2 aromatic rings. The second-order valence-electron chi connectivity index (χ2n) is 5.66. The van der Waals surface area contributed by atoms with Crippen LogP contribution in [0.25, 0.3) is 0 Å². The Morgan fingerprint density at radius 1 is 1.05 bits per heavy atom. The van der Waals surface area contributed by atoms with E-state index in [-0.39, 0.29) is 16.3 Å². The molecule has 1 heterocycles. The van der Waals surface area contributed by atoms with E-state index in [0.717, 1.165) is 4.90 Å². The average molecular weight is 319 g/mol. The van der Waals surface area contributed by atoms with Crippen molar-refractivity contribution in [3.8, 4) is 0 Å². The summed E-state index contributed by atoms with van der Waals surface area (Å²) in [7, 11) is 0. The van der Waals surface area contributed by atoms with Crippen molar-refractivity contribution in [1.82, 2.24) is 0 Å². The topological polar surface area (TPSA) is 79.5 Å². The number of thioether (sulfide) groups is 1. The molecule has 5 nitrogen and oxygen atoms in total. The normalized spacial score (nSPS) is 11.2. The molecule has 0 fully saturated rings. The van der Waals surface area contributed by atoms with Crippen LogP contribution in [0.1, 0.15) is 41.9 Å². The Labute approximate surface area is 132 Å². The number of carboxylic acids is 1. The number of anilines is 1. The zero-order valence-electron chi connectivity index (χ0n) is 12.5. The zero-order valence-corrected chi connectivity index (χ0v) is 13.4. The van der Waals surface area contributed by atoms with E-state index >= 15 is 0 Å². The molecule has 0 saturated heterocycles. The minimum atomic E-state index is -1.21. The molecular formula is C16H17NO4S. The Balaban J connectivity index is 2.03. The highest BCUT2D eigenvalue weighted by Crippen LogP contribution is 2.32. The quantitative estimate of drug-likeness (QED) is 0.829. The lowest BCUT2D eigenvalue weighted by Crippen LogP contribution is -2.11. The molecule has 116 valence electrons. The van der Waals surface area contributed by atoms with E-state index in [2.05, 4.69) is 26.1 Å². The lowest BCUT2D eigenvalue weighted by atomic mass is 10.3. The molecule has 0 aliphatic rings. The lowest BCUT2D eigenvalue weighted by Gasteiger charge is -2.17. The summed E-state index contributed by atoms with van der Waals surface area (Å²) in [6.45, 7) is 6.39. The number of carboxylic acid groups (broad SMARTS) is 1. The molecule has 0 spiro atoms. The van der Waals surface area contributed by atoms with Gasteiger partial charge in [0.2, 0.25) is 5.76 Å². The standard InChI is InChI=1S/C16H17NO4S/c1-16(2,3)22-11-6-4-10(5-7-11)17-14(18)12-8-9-13(21-12)15(19)20/h4-9H,1-3H3,(H,17,18)(H,19,20). The highest BCUT2D eigenvalue weighted by atomic mass is 32.2. The Morgan fingerprint density at radius 2 is 1.64 bits per heavy atom. The Bertz CT molecular complexity index is 683. The van der Waals surface area contributed by atoms with Gasteiger partial charge in [-0.1, -0.05) is 20.8 Å². The number of carbonyl (C=O) groups is 2. The molecule has 0 unspecified atom stereocenters. The monoisotopic (exact) mass is 319 g/mol. The SMILES string of the molecule is CC(C)(C)Sc1ccc(NC(=O)c2ccc(C(=O)O)o2)cc1. The van der Waals surface area contributed by atoms with Gasteiger partial charge in [0, 0.05) is 15.3 Å². The molecule has 1 aromatic heterocycles. The van der Waals surface area contributed by atoms with Crippen molar-refractivity contribution in [2.24, 2.45) is 0 Å². The molecule has 0 atom stereocenters. The summed E-state index contributed by atoms with van der Waals surface area (Å²) in [6.07, 6.45) is 0. The molecule has 0 bridgehead atoms. The number of hydrogen-bond donors (Lipinski definition) is 2. The van der Waals surface area contributed by atoms with Crippen molar-refractivity contribution in [3.05, 3.63) is 47.9 Å². The van der Waals surface area contributed by atoms with Crippen molar-refractivity contribution in [3.63, 3.8) is 0 Å². The number of carbonyl (C=O) groups excluding carboxylic acids is 1. The number of rotatable bonds is 4. The van der Waals surface area contributed by atoms with Gasteiger partial charge >= 0.3 is 5.97 Å². The van der Waals surface area contributed by atoms with E-state index in [9.17, 15) is 9.59 Å². The highest BCUT2D eigenvalue weighted by Gasteiger charge is 2.15. The molecule has 0 aliphatic heterocycles. The number of amides is 1. The van der Waals surface area contributed by atoms with Crippen LogP contribution in [0.3, 0.4) is 0 Å². The molecule has 0 radical (unpaired) electrons. The number of aromatic carboxylic acids is 1. The average Bonchev–Trinajstić information content (AvgIpc) is 2.89. The van der Waals surface area contributed by atoms with Crippen molar-refractivity contribution >= 4 is 29.3 Å². The first-order valence-electron chi connectivity index (χ1n) is 6.68. The molecule has 0 aliphatic carbocycles. The second-order valence-corrected chi connectivity index (χ2v) is 7.56. The Morgan fingerprint density at radius 3 is 2.14 bits per heavy atom. The van der Waals surface area contributed by atoms with Gasteiger partial charge in [0.15, 0.2) is 5.76 Å². The van der Waals surface area contributed by atoms with E-state index in [1.54, 1.807) is 23.9 Å². The molecule has 2 rings (SSSR count). The Hall–Kier alpha value is -2.21. The first-order valence-corrected chi connectivity index (χ1v) is 7.50. The van der Waals surface area contributed by atoms with Crippen LogP contribution in [0.15, 0.2) is 45.7 Å². The van der Waals surface area contributed by atoms with E-state index in [0.29, 0.717) is 5.69 Å². The number of nitrogens with one attached hydrogen (secondary N) is 1. The van der Waals surface area contributed by atoms with Crippen molar-refractivity contribution in [2.75, 3.05) is 5.32 Å². The van der Waals surface area contributed by atoms with Gasteiger partial charge in [0.1, 0.15) is 0 Å². The van der Waals surface area contributed by atoms with Crippen molar-refractivity contribution in [2.45, 2.75) is 30.4 Å². The maximum atomic E-state index is 12.0. The van der Waals surface area contributed by atoms with Crippen LogP contribution < -0.4 is 5.32 Å². The Kier molecular flexibility index (Phi) is 4.61. The molecular weight excluding hydrogens is 302 g/mol. The van der Waals surface area contributed by atoms with Crippen LogP contribution in [0.2, 0.25) is 0 Å². The zero-order chi connectivity index (χ0) is 16.3. The summed E-state index contributed by atoms with van der Waals surface area (Å²) >= 11 is 1.73. The number of hydrogen-bond acceptors (Lipinski definition) is 4. The van der Waals surface area contributed by atoms with Crippen LogP contribution in [0.5, 0.6) is 0 Å². The van der Waals surface area contributed by atoms with E-state index in [1.807, 2.05) is 12.1 Å². The largest absolute Gasteiger partial charge is 0.475 e. The van der Waals surface area contributed by atoms with Gasteiger partial charge in [-0.3, -0.25) is 4.79 Å². The van der Waals surface area contributed by atoms with Gasteiger partial charge in [-0.2, -0.15) is 0 Å². The first kappa shape index (κ1) is 16.2. The molecule has 1 aromatic carbocycles. The molecule has 6 heteroatoms. The second kappa shape index (κ2) is 6.27. The third-order valence-corrected chi connectivity index (χ3v) is 3.70. The third kappa shape index (κ3) is 4.39. The van der Waals surface area contributed by atoms with Crippen LogP contribution in [0, 0.1) is 0 Å². The summed E-state index contributed by atoms with van der Waals surface area (Å²) in [4.78, 5) is 23.8. The minimum Gasteiger partial charge on any atom is -0.475 e. The highest BCUT2D eigenvalue weighted by molar-refractivity contribution is 8.00. The van der Waals surface area contributed by atoms with Gasteiger partial charge in [-0.15, -0.1) is 11.8 Å². The molecule has 2 N–H and O–H groups in total. The van der Waals surface area contributed by atoms with Gasteiger partial charge < -0.3 is 14.8 Å². The van der Waals surface area contributed by atoms with Crippen LogP contribution in [-0.2, 0) is 0 Å². The fraction of sp³-hybridized carbons (Fsp3) is 0.250. The summed E-state index contributed by atoms with van der Waals surface area (Å²) in [6, 6.07) is 10.0. The molecule has 22 heavy (non-hydrogen) atoms. The van der Waals surface area contributed by atoms with E-state index in [1.165, 1.54) is 12.1 Å². The number of furan rings is 1. The minimum absolute atomic E-state index is 0.0365. The lowest BCUT2D eigenvalue weighted by molar-refractivity contribution is 0.0660.